The third-order valence-electron chi connectivity index (χ3n) is 4.26. The zero-order chi connectivity index (χ0) is 23.6. The molecular weight excluding hydrogens is 412 g/mol. The fourth-order valence-corrected chi connectivity index (χ4v) is 2.96. The second-order valence-electron chi connectivity index (χ2n) is 8.24. The van der Waals surface area contributed by atoms with Gasteiger partial charge in [0.1, 0.15) is 18.1 Å². The lowest BCUT2D eigenvalue weighted by atomic mass is 10.0. The molecule has 5 unspecified atom stereocenters. The van der Waals surface area contributed by atoms with E-state index in [-0.39, 0.29) is 24.0 Å². The first-order chi connectivity index (χ1) is 13.8. The summed E-state index contributed by atoms with van der Waals surface area (Å²) >= 11 is 4.04. The van der Waals surface area contributed by atoms with Crippen molar-refractivity contribution in [2.75, 3.05) is 5.75 Å². The minimum atomic E-state index is -1.34. The molecule has 11 heteroatoms. The van der Waals surface area contributed by atoms with Gasteiger partial charge >= 0.3 is 5.97 Å². The highest BCUT2D eigenvalue weighted by Gasteiger charge is 2.32. The Morgan fingerprint density at radius 2 is 1.33 bits per heavy atom. The molecule has 3 amide bonds. The third-order valence-corrected chi connectivity index (χ3v) is 4.63. The Morgan fingerprint density at radius 1 is 0.833 bits per heavy atom. The average Bonchev–Trinajstić information content (AvgIpc) is 2.61. The molecule has 174 valence electrons. The number of aliphatic hydroxyl groups excluding tert-OH is 1. The number of rotatable bonds is 13. The summed E-state index contributed by atoms with van der Waals surface area (Å²) in [4.78, 5) is 48.6. The van der Waals surface area contributed by atoms with Gasteiger partial charge in [0.15, 0.2) is 0 Å². The predicted molar refractivity (Wildman–Crippen MR) is 116 cm³/mol. The summed E-state index contributed by atoms with van der Waals surface area (Å²) in [5, 5.41) is 26.4. The second-order valence-corrected chi connectivity index (χ2v) is 8.60. The Morgan fingerprint density at radius 3 is 1.73 bits per heavy atom. The molecule has 0 heterocycles. The number of aliphatic hydroxyl groups is 1. The molecule has 0 spiro atoms. The van der Waals surface area contributed by atoms with Crippen LogP contribution < -0.4 is 21.7 Å². The smallest absolute Gasteiger partial charge is 0.326 e. The molecule has 0 fully saturated rings. The van der Waals surface area contributed by atoms with Gasteiger partial charge in [0.25, 0.3) is 0 Å². The molecule has 7 N–H and O–H groups in total. The molecule has 10 nitrogen and oxygen atoms in total. The van der Waals surface area contributed by atoms with E-state index in [4.69, 9.17) is 5.73 Å². The van der Waals surface area contributed by atoms with Crippen LogP contribution in [0.5, 0.6) is 0 Å². The van der Waals surface area contributed by atoms with Gasteiger partial charge in [0.05, 0.1) is 12.1 Å². The van der Waals surface area contributed by atoms with E-state index in [1.807, 2.05) is 27.7 Å². The number of carbonyl (C=O) groups excluding carboxylic acids is 3. The molecule has 0 aliphatic carbocycles. The number of hydrogen-bond donors (Lipinski definition) is 7. The van der Waals surface area contributed by atoms with Crippen molar-refractivity contribution in [3.05, 3.63) is 0 Å². The maximum absolute atomic E-state index is 12.6. The van der Waals surface area contributed by atoms with Crippen LogP contribution in [0.1, 0.15) is 47.5 Å². The molecular formula is C19H36N4O6S. The topological polar surface area (TPSA) is 171 Å². The largest absolute Gasteiger partial charge is 0.480 e. The fraction of sp³-hybridized carbons (Fsp3) is 0.789. The number of aliphatic carboxylic acids is 1. The van der Waals surface area contributed by atoms with Gasteiger partial charge in [-0.25, -0.2) is 4.79 Å². The molecule has 0 radical (unpaired) electrons. The molecule has 0 aliphatic heterocycles. The second kappa shape index (κ2) is 13.5. The zero-order valence-corrected chi connectivity index (χ0v) is 19.1. The van der Waals surface area contributed by atoms with Crippen LogP contribution in [0, 0.1) is 11.8 Å². The van der Waals surface area contributed by atoms with E-state index in [1.54, 1.807) is 0 Å². The molecule has 0 aliphatic rings. The van der Waals surface area contributed by atoms with Crippen molar-refractivity contribution in [3.63, 3.8) is 0 Å². The van der Waals surface area contributed by atoms with Crippen molar-refractivity contribution in [2.45, 2.75) is 77.7 Å². The summed E-state index contributed by atoms with van der Waals surface area (Å²) in [6, 6.07) is -4.46. The normalized spacial score (nSPS) is 16.3. The lowest BCUT2D eigenvalue weighted by Crippen LogP contribution is -2.60. The van der Waals surface area contributed by atoms with Gasteiger partial charge in [-0.2, -0.15) is 12.6 Å². The van der Waals surface area contributed by atoms with Crippen LogP contribution in [0.25, 0.3) is 0 Å². The lowest BCUT2D eigenvalue weighted by Gasteiger charge is -2.26. The van der Waals surface area contributed by atoms with E-state index in [1.165, 1.54) is 6.92 Å². The van der Waals surface area contributed by atoms with E-state index in [0.717, 1.165) is 0 Å². The molecule has 0 aromatic heterocycles. The van der Waals surface area contributed by atoms with Crippen molar-refractivity contribution < 1.29 is 29.4 Å². The Kier molecular flexibility index (Phi) is 12.6. The maximum Gasteiger partial charge on any atom is 0.326 e. The van der Waals surface area contributed by atoms with E-state index in [0.29, 0.717) is 6.42 Å². The SMILES string of the molecule is CC(C)CC(N)C(=O)NC(C(=O)NC(CS)C(=O)NC(CC(C)C)C(=O)O)C(C)O. The number of carboxylic acid groups (broad SMARTS) is 1. The summed E-state index contributed by atoms with van der Waals surface area (Å²) in [6.07, 6.45) is -0.640. The average molecular weight is 449 g/mol. The first kappa shape index (κ1) is 28.1. The number of nitrogens with one attached hydrogen (secondary N) is 3. The molecule has 0 saturated heterocycles. The summed E-state index contributed by atoms with van der Waals surface area (Å²) in [6.45, 7) is 8.74. The van der Waals surface area contributed by atoms with Crippen molar-refractivity contribution >= 4 is 36.3 Å². The Bertz CT molecular complexity index is 600. The highest BCUT2D eigenvalue weighted by atomic mass is 32.1. The Hall–Kier alpha value is -1.85. The van der Waals surface area contributed by atoms with E-state index >= 15 is 0 Å². The minimum absolute atomic E-state index is 0.0281. The lowest BCUT2D eigenvalue weighted by molar-refractivity contribution is -0.142. The third kappa shape index (κ3) is 10.3. The van der Waals surface area contributed by atoms with Crippen LogP contribution in [0.2, 0.25) is 0 Å². The number of amides is 3. The number of hydrogen-bond acceptors (Lipinski definition) is 7. The first-order valence-corrected chi connectivity index (χ1v) is 10.6. The summed E-state index contributed by atoms with van der Waals surface area (Å²) in [5.74, 6) is -3.23. The van der Waals surface area contributed by atoms with Gasteiger partial charge in [0, 0.05) is 5.75 Å². The van der Waals surface area contributed by atoms with Crippen molar-refractivity contribution in [1.82, 2.24) is 16.0 Å². The van der Waals surface area contributed by atoms with Crippen molar-refractivity contribution in [2.24, 2.45) is 17.6 Å². The Labute approximate surface area is 183 Å². The van der Waals surface area contributed by atoms with Gasteiger partial charge in [-0.3, -0.25) is 14.4 Å². The maximum atomic E-state index is 12.6. The van der Waals surface area contributed by atoms with Gasteiger partial charge in [0.2, 0.25) is 17.7 Å². The zero-order valence-electron chi connectivity index (χ0n) is 18.2. The number of nitrogens with two attached hydrogens (primary N) is 1. The molecule has 5 atom stereocenters. The molecule has 0 aromatic carbocycles. The number of carboxylic acids is 1. The van der Waals surface area contributed by atoms with Crippen LogP contribution >= 0.6 is 12.6 Å². The summed E-state index contributed by atoms with van der Waals surface area (Å²) < 4.78 is 0. The Balaban J connectivity index is 5.15. The number of thiol groups is 1. The van der Waals surface area contributed by atoms with Gasteiger partial charge < -0.3 is 31.9 Å². The van der Waals surface area contributed by atoms with Crippen molar-refractivity contribution in [3.8, 4) is 0 Å². The van der Waals surface area contributed by atoms with Crippen LogP contribution in [-0.2, 0) is 19.2 Å². The van der Waals surface area contributed by atoms with Gasteiger partial charge in [-0.05, 0) is 31.6 Å². The predicted octanol–water partition coefficient (Wildman–Crippen LogP) is -0.744. The minimum Gasteiger partial charge on any atom is -0.480 e. The highest BCUT2D eigenvalue weighted by molar-refractivity contribution is 7.80. The van der Waals surface area contributed by atoms with Crippen LogP contribution in [0.4, 0.5) is 0 Å². The van der Waals surface area contributed by atoms with Gasteiger partial charge in [-0.1, -0.05) is 27.7 Å². The van der Waals surface area contributed by atoms with Gasteiger partial charge in [-0.15, -0.1) is 0 Å². The van der Waals surface area contributed by atoms with E-state index in [9.17, 15) is 29.4 Å². The molecule has 0 bridgehead atoms. The quantitative estimate of drug-likeness (QED) is 0.182. The highest BCUT2D eigenvalue weighted by Crippen LogP contribution is 2.07. The molecule has 30 heavy (non-hydrogen) atoms. The summed E-state index contributed by atoms with van der Waals surface area (Å²) in [7, 11) is 0. The van der Waals surface area contributed by atoms with Crippen molar-refractivity contribution in [1.29, 1.82) is 0 Å². The standard InChI is InChI=1S/C19H36N4O6S/c1-9(2)6-12(20)16(25)23-15(11(5)24)18(27)22-14(8-30)17(26)21-13(19(28)29)7-10(3)4/h9-15,24,30H,6-8,20H2,1-5H3,(H,21,26)(H,22,27)(H,23,25)(H,28,29). The summed E-state index contributed by atoms with van der Waals surface area (Å²) in [5.41, 5.74) is 5.81. The van der Waals surface area contributed by atoms with Crippen LogP contribution in [0.3, 0.4) is 0 Å². The van der Waals surface area contributed by atoms with E-state index in [2.05, 4.69) is 28.6 Å². The fourth-order valence-electron chi connectivity index (χ4n) is 2.70. The van der Waals surface area contributed by atoms with Crippen LogP contribution in [-0.4, -0.2) is 69.9 Å². The van der Waals surface area contributed by atoms with Crippen LogP contribution in [0.15, 0.2) is 0 Å². The number of carbonyl (C=O) groups is 4. The molecule has 0 aromatic rings. The van der Waals surface area contributed by atoms with E-state index < -0.39 is 54.0 Å². The monoisotopic (exact) mass is 448 g/mol. The molecule has 0 rings (SSSR count). The molecule has 0 saturated carbocycles. The first-order valence-electron chi connectivity index (χ1n) is 9.98.